The van der Waals surface area contributed by atoms with Crippen LogP contribution in [-0.2, 0) is 21.2 Å². The van der Waals surface area contributed by atoms with E-state index in [1.165, 1.54) is 10.4 Å². The molecule has 1 N–H and O–H groups in total. The molecule has 0 unspecified atom stereocenters. The van der Waals surface area contributed by atoms with E-state index in [-0.39, 0.29) is 22.5 Å². The van der Waals surface area contributed by atoms with E-state index in [2.05, 4.69) is 0 Å². The predicted molar refractivity (Wildman–Crippen MR) is 84.1 cm³/mol. The summed E-state index contributed by atoms with van der Waals surface area (Å²) in [4.78, 5) is 11.3. The Morgan fingerprint density at radius 3 is 2.14 bits per heavy atom. The van der Waals surface area contributed by atoms with Gasteiger partial charge in [0.1, 0.15) is 4.21 Å². The quantitative estimate of drug-likeness (QED) is 0.793. The van der Waals surface area contributed by atoms with E-state index in [0.29, 0.717) is 18.0 Å². The Morgan fingerprint density at radius 2 is 1.71 bits per heavy atom. The van der Waals surface area contributed by atoms with Crippen molar-refractivity contribution in [3.05, 3.63) is 17.0 Å². The first-order chi connectivity index (χ1) is 9.62. The fourth-order valence-corrected chi connectivity index (χ4v) is 5.22. The summed E-state index contributed by atoms with van der Waals surface area (Å²) in [7, 11) is -3.55. The Balaban J connectivity index is 3.04. The highest BCUT2D eigenvalue weighted by atomic mass is 32.2. The molecule has 0 aromatic carbocycles. The van der Waals surface area contributed by atoms with E-state index in [4.69, 9.17) is 5.11 Å². The second kappa shape index (κ2) is 7.38. The molecule has 1 aromatic rings. The van der Waals surface area contributed by atoms with Gasteiger partial charge in [0.15, 0.2) is 0 Å². The molecule has 0 aliphatic rings. The summed E-state index contributed by atoms with van der Waals surface area (Å²) in [5.41, 5.74) is 0. The maximum atomic E-state index is 12.7. The van der Waals surface area contributed by atoms with Crippen LogP contribution in [0.5, 0.6) is 0 Å². The first-order valence-electron chi connectivity index (χ1n) is 6.93. The fraction of sp³-hybridized carbons (Fsp3) is 0.643. The van der Waals surface area contributed by atoms with Crippen molar-refractivity contribution in [3.63, 3.8) is 0 Å². The third-order valence-electron chi connectivity index (χ3n) is 2.69. The topological polar surface area (TPSA) is 74.7 Å². The Bertz CT molecular complexity index is 566. The zero-order valence-electron chi connectivity index (χ0n) is 12.9. The molecule has 0 atom stereocenters. The molecule has 120 valence electrons. The van der Waals surface area contributed by atoms with Crippen molar-refractivity contribution in [2.75, 3.05) is 13.1 Å². The summed E-state index contributed by atoms with van der Waals surface area (Å²) in [5.74, 6) is -0.490. The predicted octanol–water partition coefficient (Wildman–Crippen LogP) is 2.68. The van der Waals surface area contributed by atoms with Crippen LogP contribution in [0.1, 0.15) is 32.6 Å². The number of carboxylic acids is 1. The van der Waals surface area contributed by atoms with E-state index in [0.717, 1.165) is 11.3 Å². The molecule has 0 aliphatic carbocycles. The highest BCUT2D eigenvalue weighted by molar-refractivity contribution is 7.91. The summed E-state index contributed by atoms with van der Waals surface area (Å²) in [6.07, 6.45) is -0.144. The minimum absolute atomic E-state index is 0.144. The van der Waals surface area contributed by atoms with Crippen LogP contribution in [0.2, 0.25) is 0 Å². The zero-order valence-corrected chi connectivity index (χ0v) is 14.5. The van der Waals surface area contributed by atoms with Crippen molar-refractivity contribution in [1.29, 1.82) is 0 Å². The fourth-order valence-electron chi connectivity index (χ4n) is 1.95. The zero-order chi connectivity index (χ0) is 16.2. The van der Waals surface area contributed by atoms with Crippen molar-refractivity contribution in [2.45, 2.75) is 38.3 Å². The Labute approximate surface area is 130 Å². The largest absolute Gasteiger partial charge is 0.481 e. The lowest BCUT2D eigenvalue weighted by Gasteiger charge is -2.24. The smallest absolute Gasteiger partial charge is 0.308 e. The maximum absolute atomic E-state index is 12.7. The SMILES string of the molecule is CC(C)CN(CC(C)C)S(=O)(=O)c1ccc(CC(=O)O)s1. The monoisotopic (exact) mass is 333 g/mol. The van der Waals surface area contributed by atoms with Crippen LogP contribution in [0.15, 0.2) is 16.3 Å². The van der Waals surface area contributed by atoms with Gasteiger partial charge < -0.3 is 5.11 Å². The molecule has 0 saturated heterocycles. The second-order valence-electron chi connectivity index (χ2n) is 5.90. The molecule has 1 heterocycles. The van der Waals surface area contributed by atoms with Crippen molar-refractivity contribution in [3.8, 4) is 0 Å². The van der Waals surface area contributed by atoms with Crippen molar-refractivity contribution in [1.82, 2.24) is 4.31 Å². The van der Waals surface area contributed by atoms with Crippen LogP contribution in [0, 0.1) is 11.8 Å². The molecule has 0 radical (unpaired) electrons. The Kier molecular flexibility index (Phi) is 6.37. The number of rotatable bonds is 8. The molecule has 7 heteroatoms. The second-order valence-corrected chi connectivity index (χ2v) is 9.23. The number of aliphatic carboxylic acids is 1. The van der Waals surface area contributed by atoms with Gasteiger partial charge in [-0.3, -0.25) is 4.79 Å². The number of hydrogen-bond donors (Lipinski definition) is 1. The van der Waals surface area contributed by atoms with Gasteiger partial charge in [0.2, 0.25) is 0 Å². The normalized spacial score (nSPS) is 12.5. The summed E-state index contributed by atoms with van der Waals surface area (Å²) in [6, 6.07) is 3.08. The van der Waals surface area contributed by atoms with Gasteiger partial charge in [0.05, 0.1) is 6.42 Å². The van der Waals surface area contributed by atoms with Gasteiger partial charge in [-0.15, -0.1) is 11.3 Å². The Morgan fingerprint density at radius 1 is 1.19 bits per heavy atom. The minimum Gasteiger partial charge on any atom is -0.481 e. The highest BCUT2D eigenvalue weighted by Gasteiger charge is 2.27. The summed E-state index contributed by atoms with van der Waals surface area (Å²) in [6.45, 7) is 8.85. The molecular weight excluding hydrogens is 310 g/mol. The lowest BCUT2D eigenvalue weighted by atomic mass is 10.2. The van der Waals surface area contributed by atoms with E-state index >= 15 is 0 Å². The van der Waals surface area contributed by atoms with Crippen molar-refractivity contribution < 1.29 is 18.3 Å². The van der Waals surface area contributed by atoms with Gasteiger partial charge in [0, 0.05) is 18.0 Å². The molecule has 0 aliphatic heterocycles. The summed E-state index contributed by atoms with van der Waals surface area (Å²) >= 11 is 1.04. The van der Waals surface area contributed by atoms with Gasteiger partial charge in [-0.1, -0.05) is 27.7 Å². The number of carboxylic acid groups (broad SMARTS) is 1. The molecule has 5 nitrogen and oxygen atoms in total. The number of nitrogens with zero attached hydrogens (tertiary/aromatic N) is 1. The molecular formula is C14H23NO4S2. The molecule has 1 rings (SSSR count). The molecule has 0 spiro atoms. The number of carbonyl (C=O) groups is 1. The van der Waals surface area contributed by atoms with Gasteiger partial charge in [-0.05, 0) is 24.0 Å². The lowest BCUT2D eigenvalue weighted by Crippen LogP contribution is -2.36. The summed E-state index contributed by atoms with van der Waals surface area (Å²) in [5, 5.41) is 8.77. The summed E-state index contributed by atoms with van der Waals surface area (Å²) < 4.78 is 27.1. The third kappa shape index (κ3) is 5.41. The molecule has 0 fully saturated rings. The van der Waals surface area contributed by atoms with E-state index in [9.17, 15) is 13.2 Å². The van der Waals surface area contributed by atoms with Gasteiger partial charge in [-0.2, -0.15) is 4.31 Å². The molecule has 1 aromatic heterocycles. The first-order valence-corrected chi connectivity index (χ1v) is 9.19. The minimum atomic E-state index is -3.55. The van der Waals surface area contributed by atoms with Crippen LogP contribution in [0.4, 0.5) is 0 Å². The van der Waals surface area contributed by atoms with E-state index < -0.39 is 16.0 Å². The van der Waals surface area contributed by atoms with Gasteiger partial charge >= 0.3 is 5.97 Å². The van der Waals surface area contributed by atoms with Crippen LogP contribution < -0.4 is 0 Å². The number of hydrogen-bond acceptors (Lipinski definition) is 4. The van der Waals surface area contributed by atoms with Crippen molar-refractivity contribution in [2.24, 2.45) is 11.8 Å². The van der Waals surface area contributed by atoms with Crippen LogP contribution in [0.25, 0.3) is 0 Å². The third-order valence-corrected chi connectivity index (χ3v) is 6.08. The molecule has 21 heavy (non-hydrogen) atoms. The van der Waals surface area contributed by atoms with Crippen LogP contribution in [0.3, 0.4) is 0 Å². The molecule has 0 saturated carbocycles. The standard InChI is InChI=1S/C14H23NO4S2/c1-10(2)8-15(9-11(3)4)21(18,19)14-6-5-12(20-14)7-13(16)17/h5-6,10-11H,7-9H2,1-4H3,(H,16,17). The van der Waals surface area contributed by atoms with Gasteiger partial charge in [-0.25, -0.2) is 8.42 Å². The average Bonchev–Trinajstić information content (AvgIpc) is 2.75. The highest BCUT2D eigenvalue weighted by Crippen LogP contribution is 2.26. The van der Waals surface area contributed by atoms with Gasteiger partial charge in [0.25, 0.3) is 10.0 Å². The van der Waals surface area contributed by atoms with E-state index in [1.54, 1.807) is 6.07 Å². The average molecular weight is 333 g/mol. The lowest BCUT2D eigenvalue weighted by molar-refractivity contribution is -0.136. The number of thiophene rings is 1. The first kappa shape index (κ1) is 18.1. The van der Waals surface area contributed by atoms with Crippen LogP contribution >= 0.6 is 11.3 Å². The molecule has 0 amide bonds. The van der Waals surface area contributed by atoms with E-state index in [1.807, 2.05) is 27.7 Å². The maximum Gasteiger partial charge on any atom is 0.308 e. The van der Waals surface area contributed by atoms with Crippen molar-refractivity contribution >= 4 is 27.3 Å². The van der Waals surface area contributed by atoms with Crippen LogP contribution in [-0.4, -0.2) is 36.9 Å². The Hall–Kier alpha value is -0.920. The molecule has 0 bridgehead atoms. The number of sulfonamides is 1.